The van der Waals surface area contributed by atoms with E-state index in [1.165, 1.54) is 0 Å². The maximum absolute atomic E-state index is 6.01. The summed E-state index contributed by atoms with van der Waals surface area (Å²) in [5.41, 5.74) is 1.91. The third kappa shape index (κ3) is 2.37. The van der Waals surface area contributed by atoms with Crippen molar-refractivity contribution in [3.05, 3.63) is 18.0 Å². The molecule has 0 saturated heterocycles. The highest BCUT2D eigenvalue weighted by molar-refractivity contribution is 6.16. The number of halogens is 1. The van der Waals surface area contributed by atoms with E-state index in [0.29, 0.717) is 23.4 Å². The number of fused-ring (bicyclic) bond motifs is 1. The lowest BCUT2D eigenvalue weighted by molar-refractivity contribution is 0.355. The lowest BCUT2D eigenvalue weighted by Crippen LogP contribution is -2.07. The van der Waals surface area contributed by atoms with Gasteiger partial charge in [0, 0.05) is 18.2 Å². The number of hydrogen-bond acceptors (Lipinski definition) is 3. The Balaban J connectivity index is 2.71. The van der Waals surface area contributed by atoms with E-state index in [1.807, 2.05) is 12.1 Å². The molecule has 0 saturated carbocycles. The van der Waals surface area contributed by atoms with Crippen LogP contribution >= 0.6 is 11.6 Å². The standard InChI is InChI=1S/C14H19ClN2O2/c1-5-9(2)17-11-7-13(19-4)12(18-3)6-10(11)16-14(17)8-15/h6-7,9H,5,8H2,1-4H3. The van der Waals surface area contributed by atoms with E-state index in [0.717, 1.165) is 23.3 Å². The van der Waals surface area contributed by atoms with Crippen molar-refractivity contribution < 1.29 is 9.47 Å². The molecule has 1 aromatic carbocycles. The Morgan fingerprint density at radius 1 is 1.26 bits per heavy atom. The second-order valence-corrected chi connectivity index (χ2v) is 4.75. The van der Waals surface area contributed by atoms with Crippen LogP contribution in [0.4, 0.5) is 0 Å². The molecule has 4 nitrogen and oxygen atoms in total. The van der Waals surface area contributed by atoms with Crippen LogP contribution in [-0.4, -0.2) is 23.8 Å². The molecule has 0 aliphatic carbocycles. The van der Waals surface area contributed by atoms with Crippen molar-refractivity contribution in [3.8, 4) is 11.5 Å². The van der Waals surface area contributed by atoms with Gasteiger partial charge in [-0.3, -0.25) is 0 Å². The number of benzene rings is 1. The SMILES string of the molecule is CCC(C)n1c(CCl)nc2cc(OC)c(OC)cc21. The molecule has 1 heterocycles. The average molecular weight is 283 g/mol. The van der Waals surface area contributed by atoms with Gasteiger partial charge in [-0.2, -0.15) is 0 Å². The third-order valence-electron chi connectivity index (χ3n) is 3.42. The van der Waals surface area contributed by atoms with Gasteiger partial charge in [0.05, 0.1) is 31.1 Å². The summed E-state index contributed by atoms with van der Waals surface area (Å²) in [6.45, 7) is 4.31. The quantitative estimate of drug-likeness (QED) is 0.784. The van der Waals surface area contributed by atoms with Crippen LogP contribution in [0.15, 0.2) is 12.1 Å². The number of aromatic nitrogens is 2. The van der Waals surface area contributed by atoms with Gasteiger partial charge >= 0.3 is 0 Å². The maximum atomic E-state index is 6.01. The van der Waals surface area contributed by atoms with Crippen molar-refractivity contribution >= 4 is 22.6 Å². The Kier molecular flexibility index (Phi) is 4.20. The molecule has 1 aromatic heterocycles. The second kappa shape index (κ2) is 5.70. The van der Waals surface area contributed by atoms with Gasteiger partial charge in [-0.1, -0.05) is 6.92 Å². The first-order valence-corrected chi connectivity index (χ1v) is 6.88. The Hall–Kier alpha value is -1.42. The number of imidazole rings is 1. The first-order chi connectivity index (χ1) is 9.15. The summed E-state index contributed by atoms with van der Waals surface area (Å²) >= 11 is 6.01. The number of methoxy groups -OCH3 is 2. The van der Waals surface area contributed by atoms with Gasteiger partial charge in [-0.25, -0.2) is 4.98 Å². The number of alkyl halides is 1. The van der Waals surface area contributed by atoms with E-state index in [2.05, 4.69) is 23.4 Å². The predicted molar refractivity (Wildman–Crippen MR) is 77.4 cm³/mol. The lowest BCUT2D eigenvalue weighted by atomic mass is 10.2. The number of ether oxygens (including phenoxy) is 2. The number of rotatable bonds is 5. The first kappa shape index (κ1) is 14.0. The van der Waals surface area contributed by atoms with Crippen molar-refractivity contribution in [1.29, 1.82) is 0 Å². The zero-order chi connectivity index (χ0) is 14.0. The average Bonchev–Trinajstić information content (AvgIpc) is 2.82. The van der Waals surface area contributed by atoms with Crippen molar-refractivity contribution in [2.75, 3.05) is 14.2 Å². The molecule has 0 aliphatic rings. The molecule has 0 spiro atoms. The van der Waals surface area contributed by atoms with E-state index in [1.54, 1.807) is 14.2 Å². The minimum Gasteiger partial charge on any atom is -0.493 e. The van der Waals surface area contributed by atoms with Crippen molar-refractivity contribution in [2.24, 2.45) is 0 Å². The molecule has 19 heavy (non-hydrogen) atoms. The molecule has 104 valence electrons. The number of nitrogens with zero attached hydrogens (tertiary/aromatic N) is 2. The van der Waals surface area contributed by atoms with Crippen LogP contribution in [0, 0.1) is 0 Å². The molecule has 2 aromatic rings. The van der Waals surface area contributed by atoms with Gasteiger partial charge in [-0.15, -0.1) is 11.6 Å². The molecule has 0 aliphatic heterocycles. The monoisotopic (exact) mass is 282 g/mol. The van der Waals surface area contributed by atoms with Crippen molar-refractivity contribution in [2.45, 2.75) is 32.2 Å². The van der Waals surface area contributed by atoms with Gasteiger partial charge in [-0.05, 0) is 13.3 Å². The fraction of sp³-hybridized carbons (Fsp3) is 0.500. The highest BCUT2D eigenvalue weighted by atomic mass is 35.5. The zero-order valence-electron chi connectivity index (χ0n) is 11.7. The summed E-state index contributed by atoms with van der Waals surface area (Å²) in [6.07, 6.45) is 1.02. The molecule has 5 heteroatoms. The van der Waals surface area contributed by atoms with E-state index in [9.17, 15) is 0 Å². The molecular weight excluding hydrogens is 264 g/mol. The largest absolute Gasteiger partial charge is 0.493 e. The van der Waals surface area contributed by atoms with Crippen LogP contribution in [0.3, 0.4) is 0 Å². The molecule has 0 N–H and O–H groups in total. The van der Waals surface area contributed by atoms with Crippen LogP contribution < -0.4 is 9.47 Å². The molecular formula is C14H19ClN2O2. The Labute approximate surface area is 118 Å². The summed E-state index contributed by atoms with van der Waals surface area (Å²) in [7, 11) is 3.26. The Morgan fingerprint density at radius 2 is 1.89 bits per heavy atom. The fourth-order valence-electron chi connectivity index (χ4n) is 2.24. The minimum absolute atomic E-state index is 0.344. The topological polar surface area (TPSA) is 36.3 Å². The van der Waals surface area contributed by atoms with Gasteiger partial charge in [0.15, 0.2) is 11.5 Å². The molecule has 2 rings (SSSR count). The molecule has 1 atom stereocenters. The zero-order valence-corrected chi connectivity index (χ0v) is 12.5. The van der Waals surface area contributed by atoms with Crippen LogP contribution in [0.25, 0.3) is 11.0 Å². The van der Waals surface area contributed by atoms with Gasteiger partial charge in [0.2, 0.25) is 0 Å². The fourth-order valence-corrected chi connectivity index (χ4v) is 2.43. The van der Waals surface area contributed by atoms with Gasteiger partial charge in [0.25, 0.3) is 0 Å². The smallest absolute Gasteiger partial charge is 0.163 e. The van der Waals surface area contributed by atoms with Gasteiger partial charge < -0.3 is 14.0 Å². The van der Waals surface area contributed by atoms with Gasteiger partial charge in [0.1, 0.15) is 5.82 Å². The van der Waals surface area contributed by atoms with Crippen molar-refractivity contribution in [1.82, 2.24) is 9.55 Å². The van der Waals surface area contributed by atoms with Crippen LogP contribution in [0.5, 0.6) is 11.5 Å². The highest BCUT2D eigenvalue weighted by Gasteiger charge is 2.17. The highest BCUT2D eigenvalue weighted by Crippen LogP contribution is 2.34. The molecule has 0 amide bonds. The van der Waals surface area contributed by atoms with Crippen LogP contribution in [-0.2, 0) is 5.88 Å². The minimum atomic E-state index is 0.344. The molecule has 1 unspecified atom stereocenters. The summed E-state index contributed by atoms with van der Waals surface area (Å²) in [5.74, 6) is 2.66. The molecule has 0 bridgehead atoms. The summed E-state index contributed by atoms with van der Waals surface area (Å²) in [6, 6.07) is 4.20. The van der Waals surface area contributed by atoms with E-state index >= 15 is 0 Å². The lowest BCUT2D eigenvalue weighted by Gasteiger charge is -2.15. The van der Waals surface area contributed by atoms with E-state index < -0.39 is 0 Å². The molecule has 0 fully saturated rings. The first-order valence-electron chi connectivity index (χ1n) is 6.35. The predicted octanol–water partition coefficient (Wildman–Crippen LogP) is 3.76. The third-order valence-corrected chi connectivity index (χ3v) is 3.66. The molecule has 0 radical (unpaired) electrons. The Bertz CT molecular complexity index is 580. The summed E-state index contributed by atoms with van der Waals surface area (Å²) in [5, 5.41) is 0. The summed E-state index contributed by atoms with van der Waals surface area (Å²) in [4.78, 5) is 4.58. The maximum Gasteiger partial charge on any atom is 0.163 e. The van der Waals surface area contributed by atoms with Crippen LogP contribution in [0.1, 0.15) is 32.1 Å². The van der Waals surface area contributed by atoms with E-state index in [-0.39, 0.29) is 0 Å². The Morgan fingerprint density at radius 3 is 2.42 bits per heavy atom. The van der Waals surface area contributed by atoms with Crippen molar-refractivity contribution in [3.63, 3.8) is 0 Å². The second-order valence-electron chi connectivity index (χ2n) is 4.48. The summed E-state index contributed by atoms with van der Waals surface area (Å²) < 4.78 is 12.8. The number of hydrogen-bond donors (Lipinski definition) is 0. The van der Waals surface area contributed by atoms with Crippen LogP contribution in [0.2, 0.25) is 0 Å². The normalized spacial score (nSPS) is 12.7. The van der Waals surface area contributed by atoms with E-state index in [4.69, 9.17) is 21.1 Å².